The maximum absolute atomic E-state index is 13.4. The molecular weight excluding hydrogens is 388 g/mol. The lowest BCUT2D eigenvalue weighted by Gasteiger charge is -2.31. The highest BCUT2D eigenvalue weighted by Crippen LogP contribution is 2.24. The number of aromatic nitrogens is 1. The smallest absolute Gasteiger partial charge is 0.243 e. The standard InChI is InChI=1S/C16H20FN3O2S.2ClH/c17-10-15-12-18-6-1-2-8-20(15)23(21,22)16-4-3-14-11-19-7-5-13(14)9-16;;/h3-5,7,9,11,15,18H,1-2,6,8,10,12H2;2*1H/t15-;;/m0../s1. The molecule has 1 aromatic heterocycles. The molecule has 1 aliphatic rings. The third-order valence-electron chi connectivity index (χ3n) is 4.17. The molecule has 0 bridgehead atoms. The molecule has 2 heterocycles. The van der Waals surface area contributed by atoms with Gasteiger partial charge in [0.2, 0.25) is 10.0 Å². The number of alkyl halides is 1. The van der Waals surface area contributed by atoms with Crippen LogP contribution in [0.4, 0.5) is 4.39 Å². The van der Waals surface area contributed by atoms with Gasteiger partial charge in [0, 0.05) is 30.9 Å². The van der Waals surface area contributed by atoms with Crippen molar-refractivity contribution in [3.05, 3.63) is 36.7 Å². The van der Waals surface area contributed by atoms with Gasteiger partial charge in [0.05, 0.1) is 10.9 Å². The van der Waals surface area contributed by atoms with Crippen LogP contribution in [-0.4, -0.2) is 50.1 Å². The fourth-order valence-corrected chi connectivity index (χ4v) is 4.56. The molecule has 5 nitrogen and oxygen atoms in total. The largest absolute Gasteiger partial charge is 0.315 e. The van der Waals surface area contributed by atoms with E-state index in [0.29, 0.717) is 13.1 Å². The Morgan fingerprint density at radius 2 is 2.00 bits per heavy atom. The lowest BCUT2D eigenvalue weighted by Crippen LogP contribution is -2.49. The third-order valence-corrected chi connectivity index (χ3v) is 6.11. The number of fused-ring (bicyclic) bond motifs is 1. The first-order valence-corrected chi connectivity index (χ1v) is 9.19. The summed E-state index contributed by atoms with van der Waals surface area (Å²) in [4.78, 5) is 4.23. The van der Waals surface area contributed by atoms with Gasteiger partial charge < -0.3 is 5.32 Å². The quantitative estimate of drug-likeness (QED) is 0.846. The van der Waals surface area contributed by atoms with Crippen LogP contribution in [-0.2, 0) is 10.0 Å². The van der Waals surface area contributed by atoms with Crippen LogP contribution in [0.25, 0.3) is 10.8 Å². The average molecular weight is 410 g/mol. The van der Waals surface area contributed by atoms with Gasteiger partial charge in [-0.3, -0.25) is 4.98 Å². The summed E-state index contributed by atoms with van der Waals surface area (Å²) >= 11 is 0. The fraction of sp³-hybridized carbons (Fsp3) is 0.438. The van der Waals surface area contributed by atoms with E-state index in [1.165, 1.54) is 4.31 Å². The lowest BCUT2D eigenvalue weighted by molar-refractivity contribution is 0.240. The molecule has 1 atom stereocenters. The summed E-state index contributed by atoms with van der Waals surface area (Å²) in [7, 11) is -3.72. The van der Waals surface area contributed by atoms with Gasteiger partial charge in [-0.1, -0.05) is 6.07 Å². The van der Waals surface area contributed by atoms with E-state index in [9.17, 15) is 12.8 Å². The van der Waals surface area contributed by atoms with Crippen molar-refractivity contribution in [3.8, 4) is 0 Å². The fourth-order valence-electron chi connectivity index (χ4n) is 2.88. The van der Waals surface area contributed by atoms with Gasteiger partial charge >= 0.3 is 0 Å². The summed E-state index contributed by atoms with van der Waals surface area (Å²) in [6, 6.07) is 6.06. The number of nitrogens with one attached hydrogen (secondary N) is 1. The lowest BCUT2D eigenvalue weighted by atomic mass is 10.2. The number of benzene rings is 1. The van der Waals surface area contributed by atoms with Crippen molar-refractivity contribution < 1.29 is 12.8 Å². The van der Waals surface area contributed by atoms with E-state index in [0.717, 1.165) is 30.2 Å². The summed E-state index contributed by atoms with van der Waals surface area (Å²) in [5.74, 6) is 0. The molecule has 9 heteroatoms. The predicted octanol–water partition coefficient (Wildman–Crippen LogP) is 2.79. The highest BCUT2D eigenvalue weighted by atomic mass is 35.5. The molecule has 0 unspecified atom stereocenters. The molecule has 3 rings (SSSR count). The van der Waals surface area contributed by atoms with Crippen LogP contribution in [0.5, 0.6) is 0 Å². The second kappa shape index (κ2) is 9.64. The molecule has 0 spiro atoms. The second-order valence-corrected chi connectivity index (χ2v) is 7.61. The van der Waals surface area contributed by atoms with Crippen LogP contribution in [0, 0.1) is 0 Å². The third kappa shape index (κ3) is 4.80. The van der Waals surface area contributed by atoms with Crippen molar-refractivity contribution in [2.75, 3.05) is 26.3 Å². The molecule has 25 heavy (non-hydrogen) atoms. The molecule has 0 amide bonds. The summed E-state index contributed by atoms with van der Waals surface area (Å²) in [6.45, 7) is 0.803. The molecule has 0 radical (unpaired) electrons. The molecule has 1 N–H and O–H groups in total. The first kappa shape index (κ1) is 22.1. The topological polar surface area (TPSA) is 62.3 Å². The predicted molar refractivity (Wildman–Crippen MR) is 102 cm³/mol. The first-order chi connectivity index (χ1) is 11.1. The number of hydrogen-bond acceptors (Lipinski definition) is 4. The average Bonchev–Trinajstić information content (AvgIpc) is 2.54. The minimum absolute atomic E-state index is 0. The number of sulfonamides is 1. The van der Waals surface area contributed by atoms with Crippen molar-refractivity contribution in [2.24, 2.45) is 0 Å². The van der Waals surface area contributed by atoms with E-state index in [1.54, 1.807) is 36.7 Å². The SMILES string of the molecule is Cl.Cl.O=S(=O)(c1ccc2cnccc2c1)N1CCCCNC[C@@H]1CF. The molecule has 1 aliphatic heterocycles. The highest BCUT2D eigenvalue weighted by molar-refractivity contribution is 7.89. The van der Waals surface area contributed by atoms with E-state index >= 15 is 0 Å². The van der Waals surface area contributed by atoms with Gasteiger partial charge in [0.15, 0.2) is 0 Å². The summed E-state index contributed by atoms with van der Waals surface area (Å²) in [5, 5.41) is 4.80. The van der Waals surface area contributed by atoms with E-state index in [4.69, 9.17) is 0 Å². The van der Waals surface area contributed by atoms with Gasteiger partial charge in [-0.2, -0.15) is 4.31 Å². The second-order valence-electron chi connectivity index (χ2n) is 5.72. The highest BCUT2D eigenvalue weighted by Gasteiger charge is 2.32. The van der Waals surface area contributed by atoms with E-state index in [2.05, 4.69) is 10.3 Å². The molecule has 0 saturated carbocycles. The molecule has 140 valence electrons. The molecule has 0 aliphatic carbocycles. The van der Waals surface area contributed by atoms with Crippen LogP contribution in [0.3, 0.4) is 0 Å². The Morgan fingerprint density at radius 3 is 2.76 bits per heavy atom. The van der Waals surface area contributed by atoms with Gasteiger partial charge in [0.25, 0.3) is 0 Å². The Kier molecular flexibility index (Phi) is 8.50. The Morgan fingerprint density at radius 1 is 1.20 bits per heavy atom. The van der Waals surface area contributed by atoms with E-state index in [-0.39, 0.29) is 29.7 Å². The minimum atomic E-state index is -3.72. The Labute approximate surface area is 159 Å². The number of hydrogen-bond donors (Lipinski definition) is 1. The Bertz CT molecular complexity index is 792. The first-order valence-electron chi connectivity index (χ1n) is 7.75. The van der Waals surface area contributed by atoms with Gasteiger partial charge in [-0.25, -0.2) is 12.8 Å². The zero-order valence-corrected chi connectivity index (χ0v) is 16.0. The maximum Gasteiger partial charge on any atom is 0.243 e. The van der Waals surface area contributed by atoms with Crippen molar-refractivity contribution >= 4 is 45.6 Å². The number of pyridine rings is 1. The summed E-state index contributed by atoms with van der Waals surface area (Å²) in [5.41, 5.74) is 0. The number of nitrogens with zero attached hydrogens (tertiary/aromatic N) is 2. The van der Waals surface area contributed by atoms with Crippen molar-refractivity contribution in [3.63, 3.8) is 0 Å². The molecule has 2 aromatic rings. The van der Waals surface area contributed by atoms with Crippen LogP contribution >= 0.6 is 24.8 Å². The maximum atomic E-state index is 13.4. The Balaban J connectivity index is 0.00000156. The minimum Gasteiger partial charge on any atom is -0.315 e. The summed E-state index contributed by atoms with van der Waals surface area (Å²) in [6.07, 6.45) is 4.92. The van der Waals surface area contributed by atoms with Gasteiger partial charge in [-0.05, 0) is 43.0 Å². The van der Waals surface area contributed by atoms with Crippen LogP contribution < -0.4 is 5.32 Å². The zero-order valence-electron chi connectivity index (χ0n) is 13.6. The number of halogens is 3. The van der Waals surface area contributed by atoms with Crippen LogP contribution in [0.15, 0.2) is 41.6 Å². The van der Waals surface area contributed by atoms with Gasteiger partial charge in [0.1, 0.15) is 6.67 Å². The number of rotatable bonds is 3. The van der Waals surface area contributed by atoms with Crippen molar-refractivity contribution in [2.45, 2.75) is 23.8 Å². The molecule has 1 aromatic carbocycles. The van der Waals surface area contributed by atoms with Crippen LogP contribution in [0.1, 0.15) is 12.8 Å². The molecular formula is C16H22Cl2FN3O2S. The summed E-state index contributed by atoms with van der Waals surface area (Å²) < 4.78 is 40.7. The normalized spacial score (nSPS) is 19.3. The zero-order chi connectivity index (χ0) is 16.3. The van der Waals surface area contributed by atoms with Crippen molar-refractivity contribution in [1.82, 2.24) is 14.6 Å². The monoisotopic (exact) mass is 409 g/mol. The van der Waals surface area contributed by atoms with Gasteiger partial charge in [-0.15, -0.1) is 24.8 Å². The molecule has 1 fully saturated rings. The van der Waals surface area contributed by atoms with Crippen LogP contribution in [0.2, 0.25) is 0 Å². The van der Waals surface area contributed by atoms with E-state index in [1.807, 2.05) is 0 Å². The van der Waals surface area contributed by atoms with E-state index < -0.39 is 22.7 Å². The Hall–Kier alpha value is -0.990. The van der Waals surface area contributed by atoms with Crippen molar-refractivity contribution in [1.29, 1.82) is 0 Å². The molecule has 1 saturated heterocycles.